The summed E-state index contributed by atoms with van der Waals surface area (Å²) in [5, 5.41) is 0. The Hall–Kier alpha value is -2.26. The van der Waals surface area contributed by atoms with E-state index in [1.807, 2.05) is 30.3 Å². The molecule has 140 valence electrons. The van der Waals surface area contributed by atoms with Gasteiger partial charge in [0.25, 0.3) is 0 Å². The zero-order valence-electron chi connectivity index (χ0n) is 14.3. The van der Waals surface area contributed by atoms with Gasteiger partial charge in [-0.15, -0.1) is 0 Å². The highest BCUT2D eigenvalue weighted by atomic mass is 32.2. The van der Waals surface area contributed by atoms with Gasteiger partial charge in [0.1, 0.15) is 12.4 Å². The Morgan fingerprint density at radius 1 is 1.08 bits per heavy atom. The van der Waals surface area contributed by atoms with E-state index >= 15 is 0 Å². The van der Waals surface area contributed by atoms with Gasteiger partial charge in [-0.1, -0.05) is 30.3 Å². The molecule has 1 N–H and O–H groups in total. The number of benzene rings is 2. The smallest absolute Gasteiger partial charge is 0.233 e. The lowest BCUT2D eigenvalue weighted by atomic mass is 10.2. The fourth-order valence-corrected chi connectivity index (χ4v) is 4.74. The third-order valence-corrected chi connectivity index (χ3v) is 6.42. The quantitative estimate of drug-likeness (QED) is 0.804. The average molecular weight is 396 g/mol. The van der Waals surface area contributed by atoms with Crippen molar-refractivity contribution in [3.05, 3.63) is 54.1 Å². The van der Waals surface area contributed by atoms with Gasteiger partial charge in [0.2, 0.25) is 20.0 Å². The molecule has 0 fully saturated rings. The van der Waals surface area contributed by atoms with E-state index in [0.29, 0.717) is 23.5 Å². The lowest BCUT2D eigenvalue weighted by molar-refractivity contribution is 0.316. The van der Waals surface area contributed by atoms with Crippen LogP contribution in [0.15, 0.2) is 48.5 Å². The minimum absolute atomic E-state index is 0.0512. The highest BCUT2D eigenvalue weighted by Gasteiger charge is 2.25. The van der Waals surface area contributed by atoms with Crippen molar-refractivity contribution >= 4 is 31.4 Å². The molecule has 2 aromatic rings. The molecule has 1 aliphatic rings. The van der Waals surface area contributed by atoms with Gasteiger partial charge in [0.15, 0.2) is 0 Å². The minimum Gasteiger partial charge on any atom is -0.489 e. The van der Waals surface area contributed by atoms with E-state index in [1.54, 1.807) is 6.07 Å². The van der Waals surface area contributed by atoms with E-state index in [1.165, 1.54) is 16.4 Å². The predicted molar refractivity (Wildman–Crippen MR) is 102 cm³/mol. The SMILES string of the molecule is CS(=O)(=O)N1CCOc2cc(NS(=O)(=O)CCc3ccccc3)ccc21. The maximum Gasteiger partial charge on any atom is 0.233 e. The molecule has 0 saturated heterocycles. The molecule has 0 spiro atoms. The fraction of sp³-hybridized carbons (Fsp3) is 0.294. The number of ether oxygens (including phenoxy) is 1. The van der Waals surface area contributed by atoms with E-state index in [2.05, 4.69) is 4.72 Å². The topological polar surface area (TPSA) is 92.8 Å². The zero-order chi connectivity index (χ0) is 18.8. The van der Waals surface area contributed by atoms with E-state index in [4.69, 9.17) is 4.74 Å². The lowest BCUT2D eigenvalue weighted by Gasteiger charge is -2.29. The van der Waals surface area contributed by atoms with E-state index < -0.39 is 20.0 Å². The first-order valence-corrected chi connectivity index (χ1v) is 11.5. The monoisotopic (exact) mass is 396 g/mol. The molecule has 2 aromatic carbocycles. The van der Waals surface area contributed by atoms with E-state index in [9.17, 15) is 16.8 Å². The number of rotatable bonds is 6. The first-order valence-electron chi connectivity index (χ1n) is 8.04. The molecule has 1 heterocycles. The molecule has 26 heavy (non-hydrogen) atoms. The Balaban J connectivity index is 1.74. The van der Waals surface area contributed by atoms with Crippen molar-refractivity contribution in [1.29, 1.82) is 0 Å². The van der Waals surface area contributed by atoms with E-state index in [0.717, 1.165) is 11.8 Å². The summed E-state index contributed by atoms with van der Waals surface area (Å²) in [6, 6.07) is 13.9. The molecule has 1 aliphatic heterocycles. The Kier molecular flexibility index (Phi) is 5.10. The molecule has 0 atom stereocenters. The molecule has 3 rings (SSSR count). The lowest BCUT2D eigenvalue weighted by Crippen LogP contribution is -2.37. The molecule has 0 bridgehead atoms. The van der Waals surface area contributed by atoms with Gasteiger partial charge in [0.05, 0.1) is 29.9 Å². The maximum atomic E-state index is 12.3. The normalized spacial score (nSPS) is 14.4. The standard InChI is InChI=1S/C17H20N2O5S2/c1-25(20,21)19-10-11-24-17-13-15(7-8-16(17)19)18-26(22,23)12-9-14-5-3-2-4-6-14/h2-8,13,18H,9-12H2,1H3. The number of nitrogens with zero attached hydrogens (tertiary/aromatic N) is 1. The Morgan fingerprint density at radius 2 is 1.81 bits per heavy atom. The van der Waals surface area contributed by atoms with Crippen molar-refractivity contribution in [2.45, 2.75) is 6.42 Å². The number of aryl methyl sites for hydroxylation is 1. The molecule has 0 radical (unpaired) electrons. The van der Waals surface area contributed by atoms with Gasteiger partial charge < -0.3 is 4.74 Å². The number of sulfonamides is 2. The van der Waals surface area contributed by atoms with Crippen LogP contribution < -0.4 is 13.8 Å². The summed E-state index contributed by atoms with van der Waals surface area (Å²) in [6.07, 6.45) is 1.53. The van der Waals surface area contributed by atoms with Crippen LogP contribution in [0.3, 0.4) is 0 Å². The zero-order valence-corrected chi connectivity index (χ0v) is 15.9. The summed E-state index contributed by atoms with van der Waals surface area (Å²) in [4.78, 5) is 0. The second kappa shape index (κ2) is 7.16. The summed E-state index contributed by atoms with van der Waals surface area (Å²) in [5.41, 5.74) is 1.69. The van der Waals surface area contributed by atoms with Crippen LogP contribution in [0.1, 0.15) is 5.56 Å². The minimum atomic E-state index is -3.54. The maximum absolute atomic E-state index is 12.3. The molecular weight excluding hydrogens is 376 g/mol. The third-order valence-electron chi connectivity index (χ3n) is 3.96. The van der Waals surface area contributed by atoms with Crippen LogP contribution in [-0.4, -0.2) is 42.0 Å². The van der Waals surface area contributed by atoms with Crippen molar-refractivity contribution in [1.82, 2.24) is 0 Å². The third kappa shape index (κ3) is 4.47. The molecule has 0 unspecified atom stereocenters. The van der Waals surface area contributed by atoms with Crippen molar-refractivity contribution < 1.29 is 21.6 Å². The number of fused-ring (bicyclic) bond motifs is 1. The van der Waals surface area contributed by atoms with E-state index in [-0.39, 0.29) is 18.9 Å². The van der Waals surface area contributed by atoms with Gasteiger partial charge >= 0.3 is 0 Å². The van der Waals surface area contributed by atoms with Crippen molar-refractivity contribution in [3.8, 4) is 5.75 Å². The van der Waals surface area contributed by atoms with Crippen molar-refractivity contribution in [2.75, 3.05) is 34.2 Å². The largest absolute Gasteiger partial charge is 0.489 e. The predicted octanol–water partition coefficient (Wildman–Crippen LogP) is 1.83. The van der Waals surface area contributed by atoms with Crippen LogP contribution >= 0.6 is 0 Å². The number of hydrogen-bond donors (Lipinski definition) is 1. The first kappa shape index (κ1) is 18.5. The van der Waals surface area contributed by atoms with Gasteiger partial charge in [0, 0.05) is 6.07 Å². The van der Waals surface area contributed by atoms with Gasteiger partial charge in [-0.2, -0.15) is 0 Å². The average Bonchev–Trinajstić information content (AvgIpc) is 2.59. The van der Waals surface area contributed by atoms with Crippen molar-refractivity contribution in [3.63, 3.8) is 0 Å². The molecule has 7 nitrogen and oxygen atoms in total. The molecule has 0 amide bonds. The summed E-state index contributed by atoms with van der Waals surface area (Å²) in [6.45, 7) is 0.443. The Labute approximate surface area is 153 Å². The van der Waals surface area contributed by atoms with Gasteiger partial charge in [-0.05, 0) is 24.1 Å². The summed E-state index contributed by atoms with van der Waals surface area (Å²) >= 11 is 0. The molecule has 0 aliphatic carbocycles. The van der Waals surface area contributed by atoms with Crippen LogP contribution in [0.2, 0.25) is 0 Å². The van der Waals surface area contributed by atoms with Crippen LogP contribution in [-0.2, 0) is 26.5 Å². The fourth-order valence-electron chi connectivity index (χ4n) is 2.73. The molecule has 9 heteroatoms. The summed E-state index contributed by atoms with van der Waals surface area (Å²) < 4.78 is 57.6. The second-order valence-corrected chi connectivity index (χ2v) is 9.77. The first-order chi connectivity index (χ1) is 12.2. The summed E-state index contributed by atoms with van der Waals surface area (Å²) in [5.74, 6) is 0.287. The number of hydrogen-bond acceptors (Lipinski definition) is 5. The second-order valence-electron chi connectivity index (χ2n) is 6.02. The molecule has 0 saturated carbocycles. The summed E-state index contributed by atoms with van der Waals surface area (Å²) in [7, 11) is -6.95. The molecule has 0 aromatic heterocycles. The Morgan fingerprint density at radius 3 is 2.50 bits per heavy atom. The number of nitrogens with one attached hydrogen (secondary N) is 1. The van der Waals surface area contributed by atoms with Crippen LogP contribution in [0.5, 0.6) is 5.75 Å². The van der Waals surface area contributed by atoms with Crippen LogP contribution in [0.25, 0.3) is 0 Å². The highest BCUT2D eigenvalue weighted by Crippen LogP contribution is 2.35. The number of anilines is 2. The Bertz CT molecular complexity index is 989. The van der Waals surface area contributed by atoms with Gasteiger partial charge in [-0.25, -0.2) is 16.8 Å². The van der Waals surface area contributed by atoms with Gasteiger partial charge in [-0.3, -0.25) is 9.03 Å². The van der Waals surface area contributed by atoms with Crippen molar-refractivity contribution in [2.24, 2.45) is 0 Å². The highest BCUT2D eigenvalue weighted by molar-refractivity contribution is 7.92. The molecular formula is C17H20N2O5S2. The van der Waals surface area contributed by atoms with Crippen LogP contribution in [0.4, 0.5) is 11.4 Å². The van der Waals surface area contributed by atoms with Crippen LogP contribution in [0, 0.1) is 0 Å².